The molecule has 1 aromatic rings. The number of rotatable bonds is 7. The molecule has 9 heteroatoms. The number of nitrogens with one attached hydrogen (secondary N) is 2. The van der Waals surface area contributed by atoms with Crippen molar-refractivity contribution in [2.45, 2.75) is 6.92 Å². The zero-order valence-electron chi connectivity index (χ0n) is 10.1. The van der Waals surface area contributed by atoms with Crippen LogP contribution in [0.4, 0.5) is 5.00 Å². The summed E-state index contributed by atoms with van der Waals surface area (Å²) >= 11 is 1.26. The molecule has 1 aromatic heterocycles. The summed E-state index contributed by atoms with van der Waals surface area (Å²) in [6, 6.07) is 0. The zero-order valence-corrected chi connectivity index (χ0v) is 11.7. The van der Waals surface area contributed by atoms with E-state index in [1.165, 1.54) is 16.8 Å². The highest BCUT2D eigenvalue weighted by atomic mass is 32.2. The first-order valence-electron chi connectivity index (χ1n) is 5.23. The van der Waals surface area contributed by atoms with Gasteiger partial charge in [-0.2, -0.15) is 0 Å². The molecule has 0 amide bonds. The summed E-state index contributed by atoms with van der Waals surface area (Å²) in [7, 11) is -3.19. The van der Waals surface area contributed by atoms with E-state index in [1.54, 1.807) is 6.92 Å². The Labute approximate surface area is 110 Å². The normalized spacial score (nSPS) is 11.2. The van der Waals surface area contributed by atoms with Crippen molar-refractivity contribution in [3.63, 3.8) is 0 Å². The smallest absolute Gasteiger partial charge is 0.360 e. The molecular formula is C9H15N3O4S2. The van der Waals surface area contributed by atoms with E-state index in [-0.39, 0.29) is 18.8 Å². The third-order valence-corrected chi connectivity index (χ3v) is 3.32. The Hall–Kier alpha value is -1.19. The molecule has 0 atom stereocenters. The van der Waals surface area contributed by atoms with Gasteiger partial charge in [0, 0.05) is 13.1 Å². The molecule has 0 aromatic carbocycles. The Kier molecular flexibility index (Phi) is 5.51. The molecular weight excluding hydrogens is 278 g/mol. The second kappa shape index (κ2) is 6.66. The number of ether oxygens (including phenoxy) is 1. The van der Waals surface area contributed by atoms with Gasteiger partial charge in [0.2, 0.25) is 10.0 Å². The average Bonchev–Trinajstić information content (AvgIpc) is 2.71. The summed E-state index contributed by atoms with van der Waals surface area (Å²) in [6.45, 7) is 2.60. The van der Waals surface area contributed by atoms with E-state index in [1.807, 2.05) is 0 Å². The number of thiazole rings is 1. The van der Waals surface area contributed by atoms with Crippen LogP contribution in [-0.4, -0.2) is 45.3 Å². The highest BCUT2D eigenvalue weighted by molar-refractivity contribution is 7.88. The fourth-order valence-electron chi connectivity index (χ4n) is 1.13. The van der Waals surface area contributed by atoms with Crippen LogP contribution in [0.5, 0.6) is 0 Å². The van der Waals surface area contributed by atoms with Gasteiger partial charge in [-0.3, -0.25) is 0 Å². The average molecular weight is 293 g/mol. The minimum atomic E-state index is -3.19. The lowest BCUT2D eigenvalue weighted by Gasteiger charge is -2.06. The van der Waals surface area contributed by atoms with Crippen molar-refractivity contribution in [1.29, 1.82) is 0 Å². The first kappa shape index (κ1) is 14.9. The van der Waals surface area contributed by atoms with E-state index >= 15 is 0 Å². The van der Waals surface area contributed by atoms with Crippen molar-refractivity contribution in [2.24, 2.45) is 0 Å². The molecule has 0 spiro atoms. The van der Waals surface area contributed by atoms with Crippen LogP contribution in [0.3, 0.4) is 0 Å². The number of hydrogen-bond donors (Lipinski definition) is 2. The maximum Gasteiger partial charge on any atom is 0.360 e. The summed E-state index contributed by atoms with van der Waals surface area (Å²) in [6.07, 6.45) is 1.09. The molecule has 0 fully saturated rings. The number of esters is 1. The van der Waals surface area contributed by atoms with E-state index in [2.05, 4.69) is 15.0 Å². The molecule has 0 radical (unpaired) electrons. The largest absolute Gasteiger partial charge is 0.461 e. The third kappa shape index (κ3) is 4.98. The van der Waals surface area contributed by atoms with Gasteiger partial charge in [0.1, 0.15) is 5.00 Å². The second-order valence-electron chi connectivity index (χ2n) is 3.34. The molecule has 0 bridgehead atoms. The molecule has 0 saturated carbocycles. The van der Waals surface area contributed by atoms with Gasteiger partial charge in [-0.25, -0.2) is 22.9 Å². The standard InChI is InChI=1S/C9H15N3O4S2/c1-3-16-9(13)7-8(17-6-11-7)10-4-5-12-18(2,14)15/h6,10,12H,3-5H2,1-2H3. The number of nitrogens with zero attached hydrogens (tertiary/aromatic N) is 1. The summed E-state index contributed by atoms with van der Waals surface area (Å²) in [5.41, 5.74) is 1.75. The van der Waals surface area contributed by atoms with Crippen molar-refractivity contribution >= 4 is 32.3 Å². The maximum atomic E-state index is 11.5. The minimum absolute atomic E-state index is 0.223. The van der Waals surface area contributed by atoms with Crippen LogP contribution < -0.4 is 10.0 Å². The molecule has 0 unspecified atom stereocenters. The molecule has 0 aliphatic carbocycles. The maximum absolute atomic E-state index is 11.5. The number of aromatic nitrogens is 1. The first-order valence-corrected chi connectivity index (χ1v) is 8.00. The van der Waals surface area contributed by atoms with Crippen molar-refractivity contribution in [1.82, 2.24) is 9.71 Å². The molecule has 0 aliphatic heterocycles. The Balaban J connectivity index is 2.48. The van der Waals surface area contributed by atoms with Crippen molar-refractivity contribution in [3.05, 3.63) is 11.2 Å². The third-order valence-electron chi connectivity index (χ3n) is 1.81. The first-order chi connectivity index (χ1) is 8.44. The van der Waals surface area contributed by atoms with E-state index in [0.717, 1.165) is 6.26 Å². The lowest BCUT2D eigenvalue weighted by Crippen LogP contribution is -2.27. The lowest BCUT2D eigenvalue weighted by atomic mass is 10.4. The van der Waals surface area contributed by atoms with Crippen molar-refractivity contribution in [3.8, 4) is 0 Å². The second-order valence-corrected chi connectivity index (χ2v) is 6.03. The molecule has 1 rings (SSSR count). The summed E-state index contributed by atoms with van der Waals surface area (Å²) in [5.74, 6) is -0.489. The van der Waals surface area contributed by atoms with Crippen molar-refractivity contribution in [2.75, 3.05) is 31.3 Å². The van der Waals surface area contributed by atoms with Gasteiger partial charge < -0.3 is 10.1 Å². The summed E-state index contributed by atoms with van der Waals surface area (Å²) < 4.78 is 28.8. The van der Waals surface area contributed by atoms with Gasteiger partial charge in [0.15, 0.2) is 5.69 Å². The zero-order chi connectivity index (χ0) is 13.6. The fourth-order valence-corrected chi connectivity index (χ4v) is 2.30. The molecule has 2 N–H and O–H groups in total. The Morgan fingerprint density at radius 3 is 2.83 bits per heavy atom. The van der Waals surface area contributed by atoms with Gasteiger partial charge in [0.05, 0.1) is 18.4 Å². The van der Waals surface area contributed by atoms with E-state index < -0.39 is 16.0 Å². The molecule has 7 nitrogen and oxygen atoms in total. The van der Waals surface area contributed by atoms with Crippen LogP contribution in [0.25, 0.3) is 0 Å². The Bertz CT molecular complexity index is 498. The predicted molar refractivity (Wildman–Crippen MR) is 69.4 cm³/mol. The highest BCUT2D eigenvalue weighted by Crippen LogP contribution is 2.20. The van der Waals surface area contributed by atoms with Gasteiger partial charge in [-0.05, 0) is 6.92 Å². The highest BCUT2D eigenvalue weighted by Gasteiger charge is 2.15. The topological polar surface area (TPSA) is 97.4 Å². The quantitative estimate of drug-likeness (QED) is 0.553. The van der Waals surface area contributed by atoms with Crippen LogP contribution in [0, 0.1) is 0 Å². The molecule has 0 saturated heterocycles. The van der Waals surface area contributed by atoms with Crippen LogP contribution >= 0.6 is 11.3 Å². The number of anilines is 1. The van der Waals surface area contributed by atoms with Crippen LogP contribution in [0.15, 0.2) is 5.51 Å². The summed E-state index contributed by atoms with van der Waals surface area (Å²) in [4.78, 5) is 15.4. The van der Waals surface area contributed by atoms with E-state index in [9.17, 15) is 13.2 Å². The number of carbonyl (C=O) groups is 1. The van der Waals surface area contributed by atoms with Gasteiger partial charge in [0.25, 0.3) is 0 Å². The molecule has 102 valence electrons. The monoisotopic (exact) mass is 293 g/mol. The van der Waals surface area contributed by atoms with Crippen LogP contribution in [0.1, 0.15) is 17.4 Å². The Morgan fingerprint density at radius 1 is 1.50 bits per heavy atom. The van der Waals surface area contributed by atoms with Gasteiger partial charge in [-0.15, -0.1) is 11.3 Å². The van der Waals surface area contributed by atoms with Crippen LogP contribution in [-0.2, 0) is 14.8 Å². The Morgan fingerprint density at radius 2 is 2.22 bits per heavy atom. The summed E-state index contributed by atoms with van der Waals surface area (Å²) in [5, 5.41) is 3.51. The lowest BCUT2D eigenvalue weighted by molar-refractivity contribution is 0.0521. The van der Waals surface area contributed by atoms with Crippen molar-refractivity contribution < 1.29 is 17.9 Å². The minimum Gasteiger partial charge on any atom is -0.461 e. The number of carbonyl (C=O) groups excluding carboxylic acids is 1. The number of sulfonamides is 1. The fraction of sp³-hybridized carbons (Fsp3) is 0.556. The molecule has 0 aliphatic rings. The molecule has 1 heterocycles. The van der Waals surface area contributed by atoms with E-state index in [4.69, 9.17) is 4.74 Å². The van der Waals surface area contributed by atoms with E-state index in [0.29, 0.717) is 11.5 Å². The predicted octanol–water partition coefficient (Wildman–Crippen LogP) is 0.281. The SMILES string of the molecule is CCOC(=O)c1ncsc1NCCNS(C)(=O)=O. The molecule has 18 heavy (non-hydrogen) atoms. The van der Waals surface area contributed by atoms with Gasteiger partial charge in [-0.1, -0.05) is 0 Å². The van der Waals surface area contributed by atoms with Gasteiger partial charge >= 0.3 is 5.97 Å². The van der Waals surface area contributed by atoms with Crippen LogP contribution in [0.2, 0.25) is 0 Å². The number of hydrogen-bond acceptors (Lipinski definition) is 7.